The minimum Gasteiger partial charge on any atom is -0.318 e. The summed E-state index contributed by atoms with van der Waals surface area (Å²) < 4.78 is 3.90. The summed E-state index contributed by atoms with van der Waals surface area (Å²) in [5.74, 6) is -0.322. The highest BCUT2D eigenvalue weighted by Crippen LogP contribution is 2.21. The summed E-state index contributed by atoms with van der Waals surface area (Å²) in [6.07, 6.45) is 6.81. The first kappa shape index (κ1) is 16.5. The Kier molecular flexibility index (Phi) is 4.26. The van der Waals surface area contributed by atoms with Gasteiger partial charge in [0.05, 0.1) is 22.9 Å². The van der Waals surface area contributed by atoms with Gasteiger partial charge in [-0.25, -0.2) is 9.50 Å². The zero-order valence-electron chi connectivity index (χ0n) is 13.9. The quantitative estimate of drug-likeness (QED) is 0.559. The largest absolute Gasteiger partial charge is 0.318 e. The van der Waals surface area contributed by atoms with Crippen molar-refractivity contribution in [3.8, 4) is 0 Å². The number of benzene rings is 1. The Morgan fingerprint density at radius 3 is 3.00 bits per heavy atom. The molecule has 0 bridgehead atoms. The molecule has 0 aliphatic rings. The number of anilines is 1. The van der Waals surface area contributed by atoms with E-state index < -0.39 is 0 Å². The molecule has 0 unspecified atom stereocenters. The number of amides is 1. The molecule has 7 nitrogen and oxygen atoms in total. The number of aryl methyl sites for hydroxylation is 1. The summed E-state index contributed by atoms with van der Waals surface area (Å²) in [4.78, 5) is 16.7. The number of fused-ring (bicyclic) bond motifs is 1. The van der Waals surface area contributed by atoms with E-state index >= 15 is 0 Å². The molecule has 0 saturated carbocycles. The summed E-state index contributed by atoms with van der Waals surface area (Å²) in [6.45, 7) is 2.69. The Morgan fingerprint density at radius 2 is 2.19 bits per heavy atom. The topological polar surface area (TPSA) is 77.1 Å². The highest BCUT2D eigenvalue weighted by atomic mass is 79.9. The minimum atomic E-state index is -0.322. The Labute approximate surface area is 157 Å². The lowest BCUT2D eigenvalue weighted by molar-refractivity contribution is 0.102. The molecule has 4 aromatic rings. The number of hydrogen-bond donors (Lipinski definition) is 1. The number of aromatic nitrogens is 5. The number of carbonyl (C=O) groups is 1. The molecule has 1 aromatic carbocycles. The lowest BCUT2D eigenvalue weighted by Crippen LogP contribution is -2.13. The van der Waals surface area contributed by atoms with Gasteiger partial charge in [0.2, 0.25) is 0 Å². The maximum atomic E-state index is 12.5. The van der Waals surface area contributed by atoms with Crippen LogP contribution in [0.1, 0.15) is 21.6 Å². The van der Waals surface area contributed by atoms with Gasteiger partial charge >= 0.3 is 0 Å². The monoisotopic (exact) mass is 410 g/mol. The van der Waals surface area contributed by atoms with Crippen molar-refractivity contribution in [2.45, 2.75) is 13.5 Å². The second-order valence-electron chi connectivity index (χ2n) is 5.92. The second-order valence-corrected chi connectivity index (χ2v) is 6.71. The Morgan fingerprint density at radius 1 is 1.31 bits per heavy atom. The molecule has 130 valence electrons. The van der Waals surface area contributed by atoms with Gasteiger partial charge < -0.3 is 5.32 Å². The predicted octanol–water partition coefficient (Wildman–Crippen LogP) is 3.30. The van der Waals surface area contributed by atoms with Crippen LogP contribution in [0.2, 0.25) is 0 Å². The van der Waals surface area contributed by atoms with E-state index in [0.717, 1.165) is 5.56 Å². The van der Waals surface area contributed by atoms with Crippen LogP contribution in [0, 0.1) is 6.92 Å². The molecule has 0 fully saturated rings. The first-order chi connectivity index (χ1) is 12.6. The van der Waals surface area contributed by atoms with E-state index in [0.29, 0.717) is 22.4 Å². The van der Waals surface area contributed by atoms with Crippen LogP contribution in [0.4, 0.5) is 5.69 Å². The van der Waals surface area contributed by atoms with E-state index in [-0.39, 0.29) is 11.6 Å². The zero-order valence-corrected chi connectivity index (χ0v) is 15.5. The molecule has 26 heavy (non-hydrogen) atoms. The maximum absolute atomic E-state index is 12.5. The van der Waals surface area contributed by atoms with Crippen molar-refractivity contribution >= 4 is 33.2 Å². The van der Waals surface area contributed by atoms with Gasteiger partial charge in [-0.3, -0.25) is 9.48 Å². The van der Waals surface area contributed by atoms with Crippen LogP contribution in [0.15, 0.2) is 59.6 Å². The van der Waals surface area contributed by atoms with Gasteiger partial charge in [0.1, 0.15) is 0 Å². The van der Waals surface area contributed by atoms with E-state index in [2.05, 4.69) is 55.5 Å². The summed E-state index contributed by atoms with van der Waals surface area (Å²) in [5.41, 5.74) is 3.83. The van der Waals surface area contributed by atoms with Gasteiger partial charge in [-0.1, -0.05) is 29.8 Å². The standard InChI is InChI=1S/C18H15BrN6O/c1-12-4-2-5-13(8-12)10-24-11-14(9-21-24)22-18(26)16-15(19)17-20-6-3-7-25(17)23-16/h2-9,11H,10H2,1H3,(H,22,26). The fourth-order valence-corrected chi connectivity index (χ4v) is 3.25. The molecular weight excluding hydrogens is 396 g/mol. The van der Waals surface area contributed by atoms with Crippen molar-refractivity contribution in [2.75, 3.05) is 5.32 Å². The van der Waals surface area contributed by atoms with E-state index in [9.17, 15) is 4.79 Å². The van der Waals surface area contributed by atoms with Gasteiger partial charge in [-0.15, -0.1) is 0 Å². The van der Waals surface area contributed by atoms with Gasteiger partial charge in [0.15, 0.2) is 11.3 Å². The average molecular weight is 411 g/mol. The van der Waals surface area contributed by atoms with Crippen LogP contribution >= 0.6 is 15.9 Å². The van der Waals surface area contributed by atoms with Crippen LogP contribution in [-0.2, 0) is 6.54 Å². The summed E-state index contributed by atoms with van der Waals surface area (Å²) in [5, 5.41) is 11.4. The molecule has 1 N–H and O–H groups in total. The van der Waals surface area contributed by atoms with Crippen molar-refractivity contribution < 1.29 is 4.79 Å². The second kappa shape index (κ2) is 6.72. The van der Waals surface area contributed by atoms with Crippen LogP contribution in [0.5, 0.6) is 0 Å². The van der Waals surface area contributed by atoms with Crippen molar-refractivity contribution in [3.63, 3.8) is 0 Å². The number of carbonyl (C=O) groups excluding carboxylic acids is 1. The number of hydrogen-bond acceptors (Lipinski definition) is 4. The molecular formula is C18H15BrN6O. The van der Waals surface area contributed by atoms with Crippen LogP contribution < -0.4 is 5.32 Å². The number of nitrogens with zero attached hydrogens (tertiary/aromatic N) is 5. The summed E-state index contributed by atoms with van der Waals surface area (Å²) >= 11 is 3.39. The highest BCUT2D eigenvalue weighted by molar-refractivity contribution is 9.10. The SMILES string of the molecule is Cc1cccc(Cn2cc(NC(=O)c3nn4cccnc4c3Br)cn2)c1. The van der Waals surface area contributed by atoms with Crippen LogP contribution in [0.25, 0.3) is 5.65 Å². The normalized spacial score (nSPS) is 11.0. The van der Waals surface area contributed by atoms with E-state index in [4.69, 9.17) is 0 Å². The van der Waals surface area contributed by atoms with E-state index in [1.807, 2.05) is 12.1 Å². The average Bonchev–Trinajstić information content (AvgIpc) is 3.20. The van der Waals surface area contributed by atoms with E-state index in [1.54, 1.807) is 40.1 Å². The molecule has 4 rings (SSSR count). The molecule has 0 radical (unpaired) electrons. The van der Waals surface area contributed by atoms with E-state index in [1.165, 1.54) is 5.56 Å². The van der Waals surface area contributed by atoms with Crippen molar-refractivity contribution in [1.82, 2.24) is 24.4 Å². The molecule has 3 heterocycles. The van der Waals surface area contributed by atoms with Crippen LogP contribution in [-0.4, -0.2) is 30.3 Å². The molecule has 3 aromatic heterocycles. The predicted molar refractivity (Wildman–Crippen MR) is 101 cm³/mol. The van der Waals surface area contributed by atoms with Crippen LogP contribution in [0.3, 0.4) is 0 Å². The molecule has 8 heteroatoms. The Bertz CT molecular complexity index is 1100. The molecule has 0 atom stereocenters. The number of rotatable bonds is 4. The molecule has 0 aliphatic heterocycles. The summed E-state index contributed by atoms with van der Waals surface area (Å²) in [6, 6.07) is 9.99. The first-order valence-electron chi connectivity index (χ1n) is 7.98. The van der Waals surface area contributed by atoms with Crippen molar-refractivity contribution in [2.24, 2.45) is 0 Å². The third-order valence-corrected chi connectivity index (χ3v) is 4.60. The fourth-order valence-electron chi connectivity index (χ4n) is 2.71. The molecule has 0 aliphatic carbocycles. The molecule has 1 amide bonds. The number of nitrogens with one attached hydrogen (secondary N) is 1. The number of halogens is 1. The lowest BCUT2D eigenvalue weighted by atomic mass is 10.1. The van der Waals surface area contributed by atoms with Crippen molar-refractivity contribution in [1.29, 1.82) is 0 Å². The maximum Gasteiger partial charge on any atom is 0.277 e. The Balaban J connectivity index is 1.51. The third-order valence-electron chi connectivity index (χ3n) is 3.87. The highest BCUT2D eigenvalue weighted by Gasteiger charge is 2.18. The first-order valence-corrected chi connectivity index (χ1v) is 8.77. The molecule has 0 spiro atoms. The third kappa shape index (κ3) is 3.23. The fraction of sp³-hybridized carbons (Fsp3) is 0.111. The summed E-state index contributed by atoms with van der Waals surface area (Å²) in [7, 11) is 0. The van der Waals surface area contributed by atoms with Crippen molar-refractivity contribution in [3.05, 3.63) is 76.4 Å². The van der Waals surface area contributed by atoms with Gasteiger partial charge in [-0.05, 0) is 34.5 Å². The lowest BCUT2D eigenvalue weighted by Gasteiger charge is -2.03. The minimum absolute atomic E-state index is 0.273. The Hall–Kier alpha value is -3.00. The van der Waals surface area contributed by atoms with Gasteiger partial charge in [0, 0.05) is 18.6 Å². The van der Waals surface area contributed by atoms with Gasteiger partial charge in [0.25, 0.3) is 5.91 Å². The smallest absolute Gasteiger partial charge is 0.277 e. The van der Waals surface area contributed by atoms with Gasteiger partial charge in [-0.2, -0.15) is 10.2 Å². The zero-order chi connectivity index (χ0) is 18.1. The molecule has 0 saturated heterocycles.